The predicted molar refractivity (Wildman–Crippen MR) is 112 cm³/mol. The van der Waals surface area contributed by atoms with Gasteiger partial charge in [-0.05, 0) is 49.9 Å². The van der Waals surface area contributed by atoms with Crippen molar-refractivity contribution in [1.82, 2.24) is 10.3 Å². The van der Waals surface area contributed by atoms with Gasteiger partial charge in [0, 0.05) is 17.5 Å². The van der Waals surface area contributed by atoms with Gasteiger partial charge in [-0.15, -0.1) is 24.8 Å². The highest BCUT2D eigenvalue weighted by Gasteiger charge is 2.22. The van der Waals surface area contributed by atoms with Gasteiger partial charge in [0.15, 0.2) is 5.76 Å². The summed E-state index contributed by atoms with van der Waals surface area (Å²) in [7, 11) is 0. The standard InChI is InChI=1S/C20H21N3O2.2ClH/c21-13-7-9-14(10-8-13)22-20(24)16-12-18(19-6-3-11-25-19)23-17-5-2-1-4-15(16)17;;/h1-6,11-14H,7-10,21H2,(H,22,24);2*1H. The van der Waals surface area contributed by atoms with E-state index >= 15 is 0 Å². The molecule has 4 rings (SSSR count). The van der Waals surface area contributed by atoms with Crippen LogP contribution in [-0.4, -0.2) is 23.0 Å². The molecule has 0 aliphatic heterocycles. The van der Waals surface area contributed by atoms with Gasteiger partial charge in [-0.2, -0.15) is 0 Å². The summed E-state index contributed by atoms with van der Waals surface area (Å²) in [5.74, 6) is 0.593. The van der Waals surface area contributed by atoms with Crippen LogP contribution in [0.3, 0.4) is 0 Å². The number of furan rings is 1. The Balaban J connectivity index is 0.00000131. The molecular formula is C20H23Cl2N3O2. The molecule has 27 heavy (non-hydrogen) atoms. The third-order valence-electron chi connectivity index (χ3n) is 4.84. The van der Waals surface area contributed by atoms with E-state index in [2.05, 4.69) is 10.3 Å². The molecule has 0 saturated heterocycles. The Bertz CT molecular complexity index is 891. The van der Waals surface area contributed by atoms with Crippen molar-refractivity contribution in [2.24, 2.45) is 5.73 Å². The second kappa shape index (κ2) is 9.22. The molecule has 1 saturated carbocycles. The number of carbonyl (C=O) groups excluding carboxylic acids is 1. The maximum absolute atomic E-state index is 12.9. The van der Waals surface area contributed by atoms with Crippen molar-refractivity contribution in [3.05, 3.63) is 54.3 Å². The molecule has 1 aliphatic carbocycles. The van der Waals surface area contributed by atoms with Gasteiger partial charge in [-0.1, -0.05) is 18.2 Å². The van der Waals surface area contributed by atoms with Gasteiger partial charge in [-0.3, -0.25) is 4.79 Å². The summed E-state index contributed by atoms with van der Waals surface area (Å²) in [6.45, 7) is 0. The molecular weight excluding hydrogens is 385 g/mol. The first-order valence-corrected chi connectivity index (χ1v) is 8.71. The number of aromatic nitrogens is 1. The molecule has 3 aromatic rings. The van der Waals surface area contributed by atoms with E-state index in [0.29, 0.717) is 17.0 Å². The number of rotatable bonds is 3. The Kier molecular flexibility index (Phi) is 7.25. The summed E-state index contributed by atoms with van der Waals surface area (Å²) < 4.78 is 5.46. The number of pyridine rings is 1. The molecule has 1 aliphatic rings. The first kappa shape index (κ1) is 21.2. The zero-order valence-corrected chi connectivity index (χ0v) is 16.4. The van der Waals surface area contributed by atoms with Crippen molar-refractivity contribution >= 4 is 41.6 Å². The van der Waals surface area contributed by atoms with Crippen LogP contribution in [0.15, 0.2) is 53.1 Å². The zero-order valence-electron chi connectivity index (χ0n) is 14.8. The number of hydrogen-bond acceptors (Lipinski definition) is 4. The number of nitrogens with zero attached hydrogens (tertiary/aromatic N) is 1. The second-order valence-electron chi connectivity index (χ2n) is 6.63. The molecule has 0 bridgehead atoms. The first-order chi connectivity index (χ1) is 12.2. The minimum Gasteiger partial charge on any atom is -0.463 e. The number of para-hydroxylation sites is 1. The molecule has 2 aromatic heterocycles. The highest BCUT2D eigenvalue weighted by molar-refractivity contribution is 6.07. The summed E-state index contributed by atoms with van der Waals surface area (Å²) in [5.41, 5.74) is 8.04. The normalized spacial score (nSPS) is 19.0. The van der Waals surface area contributed by atoms with Gasteiger partial charge in [-0.25, -0.2) is 4.98 Å². The maximum atomic E-state index is 12.9. The average Bonchev–Trinajstić information content (AvgIpc) is 3.17. The van der Waals surface area contributed by atoms with Crippen molar-refractivity contribution in [2.45, 2.75) is 37.8 Å². The molecule has 7 heteroatoms. The van der Waals surface area contributed by atoms with Gasteiger partial charge in [0.2, 0.25) is 0 Å². The lowest BCUT2D eigenvalue weighted by atomic mass is 9.91. The topological polar surface area (TPSA) is 81.1 Å². The highest BCUT2D eigenvalue weighted by atomic mass is 35.5. The average molecular weight is 408 g/mol. The summed E-state index contributed by atoms with van der Waals surface area (Å²) in [6, 6.07) is 13.6. The third-order valence-corrected chi connectivity index (χ3v) is 4.84. The molecule has 3 N–H and O–H groups in total. The SMILES string of the molecule is Cl.Cl.NC1CCC(NC(=O)c2cc(-c3ccco3)nc3ccccc23)CC1. The molecule has 1 aromatic carbocycles. The monoisotopic (exact) mass is 407 g/mol. The number of halogens is 2. The lowest BCUT2D eigenvalue weighted by Gasteiger charge is -2.27. The van der Waals surface area contributed by atoms with Gasteiger partial charge in [0.05, 0.1) is 17.3 Å². The fourth-order valence-corrected chi connectivity index (χ4v) is 3.44. The molecule has 0 atom stereocenters. The van der Waals surface area contributed by atoms with Crippen LogP contribution in [0.1, 0.15) is 36.0 Å². The van der Waals surface area contributed by atoms with Crippen LogP contribution in [0.4, 0.5) is 0 Å². The Morgan fingerprint density at radius 2 is 1.81 bits per heavy atom. The maximum Gasteiger partial charge on any atom is 0.252 e. The summed E-state index contributed by atoms with van der Waals surface area (Å²) >= 11 is 0. The van der Waals surface area contributed by atoms with E-state index in [1.807, 2.05) is 42.5 Å². The summed E-state index contributed by atoms with van der Waals surface area (Å²) in [6.07, 6.45) is 5.39. The predicted octanol–water partition coefficient (Wildman–Crippen LogP) is 4.34. The van der Waals surface area contributed by atoms with Gasteiger partial charge in [0.1, 0.15) is 5.69 Å². The number of carbonyl (C=O) groups is 1. The van der Waals surface area contributed by atoms with Gasteiger partial charge in [0.25, 0.3) is 5.91 Å². The fraction of sp³-hybridized carbons (Fsp3) is 0.300. The molecule has 5 nitrogen and oxygen atoms in total. The Hall–Kier alpha value is -2.08. The smallest absolute Gasteiger partial charge is 0.252 e. The quantitative estimate of drug-likeness (QED) is 0.676. The van der Waals surface area contributed by atoms with E-state index in [4.69, 9.17) is 10.2 Å². The number of fused-ring (bicyclic) bond motifs is 1. The van der Waals surface area contributed by atoms with E-state index in [1.165, 1.54) is 0 Å². The lowest BCUT2D eigenvalue weighted by molar-refractivity contribution is 0.0927. The minimum atomic E-state index is -0.0631. The van der Waals surface area contributed by atoms with Crippen LogP contribution in [0.25, 0.3) is 22.4 Å². The lowest BCUT2D eigenvalue weighted by Crippen LogP contribution is -2.40. The third kappa shape index (κ3) is 4.61. The molecule has 0 radical (unpaired) electrons. The number of nitrogens with one attached hydrogen (secondary N) is 1. The number of hydrogen-bond donors (Lipinski definition) is 2. The molecule has 144 valence electrons. The zero-order chi connectivity index (χ0) is 17.2. The number of benzene rings is 1. The molecule has 0 spiro atoms. The first-order valence-electron chi connectivity index (χ1n) is 8.71. The van der Waals surface area contributed by atoms with E-state index in [-0.39, 0.29) is 42.8 Å². The van der Waals surface area contributed by atoms with Crippen molar-refractivity contribution in [2.75, 3.05) is 0 Å². The van der Waals surface area contributed by atoms with E-state index in [0.717, 1.165) is 36.6 Å². The Morgan fingerprint density at radius 3 is 2.52 bits per heavy atom. The van der Waals surface area contributed by atoms with Crippen LogP contribution < -0.4 is 11.1 Å². The van der Waals surface area contributed by atoms with Crippen LogP contribution in [0.5, 0.6) is 0 Å². The number of amides is 1. The largest absolute Gasteiger partial charge is 0.463 e. The summed E-state index contributed by atoms with van der Waals surface area (Å²) in [5, 5.41) is 4.02. The van der Waals surface area contributed by atoms with Crippen LogP contribution in [0, 0.1) is 0 Å². The van der Waals surface area contributed by atoms with Crippen LogP contribution >= 0.6 is 24.8 Å². The summed E-state index contributed by atoms with van der Waals surface area (Å²) in [4.78, 5) is 17.6. The van der Waals surface area contributed by atoms with Crippen molar-refractivity contribution in [1.29, 1.82) is 0 Å². The highest BCUT2D eigenvalue weighted by Crippen LogP contribution is 2.26. The second-order valence-corrected chi connectivity index (χ2v) is 6.63. The number of nitrogens with two attached hydrogens (primary N) is 1. The van der Waals surface area contributed by atoms with Crippen molar-refractivity contribution < 1.29 is 9.21 Å². The van der Waals surface area contributed by atoms with E-state index < -0.39 is 0 Å². The van der Waals surface area contributed by atoms with Crippen molar-refractivity contribution in [3.8, 4) is 11.5 Å². The van der Waals surface area contributed by atoms with E-state index in [9.17, 15) is 4.79 Å². The fourth-order valence-electron chi connectivity index (χ4n) is 3.44. The van der Waals surface area contributed by atoms with Gasteiger partial charge < -0.3 is 15.5 Å². The van der Waals surface area contributed by atoms with Crippen molar-refractivity contribution in [3.63, 3.8) is 0 Å². The van der Waals surface area contributed by atoms with Gasteiger partial charge >= 0.3 is 0 Å². The van der Waals surface area contributed by atoms with Crippen LogP contribution in [-0.2, 0) is 0 Å². The molecule has 2 heterocycles. The Labute approximate surface area is 170 Å². The Morgan fingerprint density at radius 1 is 1.07 bits per heavy atom. The minimum absolute atomic E-state index is 0. The van der Waals surface area contributed by atoms with Crippen LogP contribution in [0.2, 0.25) is 0 Å². The molecule has 1 amide bonds. The molecule has 1 fully saturated rings. The molecule has 0 unspecified atom stereocenters. The van der Waals surface area contributed by atoms with E-state index in [1.54, 1.807) is 6.26 Å².